The number of hydrogen-bond acceptors (Lipinski definition) is 3. The zero-order valence-corrected chi connectivity index (χ0v) is 14.3. The minimum absolute atomic E-state index is 0.0131. The first-order chi connectivity index (χ1) is 11.6. The van der Waals surface area contributed by atoms with Gasteiger partial charge in [0.15, 0.2) is 0 Å². The Morgan fingerprint density at radius 3 is 2.67 bits per heavy atom. The van der Waals surface area contributed by atoms with E-state index in [1.54, 1.807) is 0 Å². The fourth-order valence-corrected chi connectivity index (χ4v) is 3.23. The summed E-state index contributed by atoms with van der Waals surface area (Å²) in [5.41, 5.74) is 3.87. The average molecular weight is 327 g/mol. The van der Waals surface area contributed by atoms with E-state index in [0.29, 0.717) is 18.8 Å². The van der Waals surface area contributed by atoms with Crippen LogP contribution in [-0.4, -0.2) is 33.4 Å². The smallest absolute Gasteiger partial charge is 0.224 e. The van der Waals surface area contributed by atoms with E-state index in [1.807, 2.05) is 48.9 Å². The summed E-state index contributed by atoms with van der Waals surface area (Å²) in [5, 5.41) is 16.9. The van der Waals surface area contributed by atoms with Crippen LogP contribution >= 0.6 is 0 Å². The van der Waals surface area contributed by atoms with Gasteiger partial charge in [0, 0.05) is 23.9 Å². The van der Waals surface area contributed by atoms with E-state index in [1.165, 1.54) is 0 Å². The highest BCUT2D eigenvalue weighted by Gasteiger charge is 2.32. The molecule has 0 bridgehead atoms. The molecular weight excluding hydrogens is 302 g/mol. The normalized spacial score (nSPS) is 15.3. The molecule has 2 N–H and O–H groups in total. The van der Waals surface area contributed by atoms with Crippen molar-refractivity contribution in [2.24, 2.45) is 5.92 Å². The lowest BCUT2D eigenvalue weighted by atomic mass is 10.1. The molecule has 0 spiro atoms. The van der Waals surface area contributed by atoms with Crippen molar-refractivity contribution in [3.05, 3.63) is 47.3 Å². The Morgan fingerprint density at radius 2 is 2.04 bits per heavy atom. The number of aromatic nitrogens is 2. The number of amides is 1. The lowest BCUT2D eigenvalue weighted by Gasteiger charge is -2.17. The topological polar surface area (TPSA) is 67.2 Å². The van der Waals surface area contributed by atoms with Crippen molar-refractivity contribution in [2.45, 2.75) is 45.6 Å². The molecule has 1 aliphatic carbocycles. The summed E-state index contributed by atoms with van der Waals surface area (Å²) in [4.78, 5) is 12.5. The van der Waals surface area contributed by atoms with Gasteiger partial charge in [0.2, 0.25) is 5.91 Å². The molecule has 1 unspecified atom stereocenters. The molecule has 2 aromatic rings. The fourth-order valence-electron chi connectivity index (χ4n) is 3.23. The minimum Gasteiger partial charge on any atom is -0.396 e. The summed E-state index contributed by atoms with van der Waals surface area (Å²) in [6, 6.07) is 10.1. The van der Waals surface area contributed by atoms with Crippen LogP contribution in [0.4, 0.5) is 0 Å². The Balaban J connectivity index is 1.73. The summed E-state index contributed by atoms with van der Waals surface area (Å²) in [6.07, 6.45) is 3.26. The van der Waals surface area contributed by atoms with Gasteiger partial charge in [0.1, 0.15) is 0 Å². The summed E-state index contributed by atoms with van der Waals surface area (Å²) >= 11 is 0. The number of para-hydroxylation sites is 1. The minimum atomic E-state index is 0.0131. The Kier molecular flexibility index (Phi) is 5.00. The standard InChI is InChI=1S/C19H25N3O2/c1-13-17(12-19(24)20-18(10-11-23)15-8-9-15)14(2)22(21-13)16-6-4-3-5-7-16/h3-7,15,18,23H,8-12H2,1-2H3,(H,20,24). The van der Waals surface area contributed by atoms with Crippen LogP contribution in [0, 0.1) is 19.8 Å². The quantitative estimate of drug-likeness (QED) is 0.820. The number of nitrogens with zero attached hydrogens (tertiary/aromatic N) is 2. The molecule has 1 heterocycles. The lowest BCUT2D eigenvalue weighted by molar-refractivity contribution is -0.121. The van der Waals surface area contributed by atoms with Gasteiger partial charge < -0.3 is 10.4 Å². The van der Waals surface area contributed by atoms with Gasteiger partial charge >= 0.3 is 0 Å². The maximum atomic E-state index is 12.5. The van der Waals surface area contributed by atoms with Gasteiger partial charge in [-0.05, 0) is 51.2 Å². The number of aliphatic hydroxyl groups excluding tert-OH is 1. The third kappa shape index (κ3) is 3.67. The van der Waals surface area contributed by atoms with Crippen molar-refractivity contribution in [3.8, 4) is 5.69 Å². The predicted molar refractivity (Wildman–Crippen MR) is 93.1 cm³/mol. The first-order valence-electron chi connectivity index (χ1n) is 8.61. The highest BCUT2D eigenvalue weighted by Crippen LogP contribution is 2.34. The molecule has 5 heteroatoms. The van der Waals surface area contributed by atoms with Crippen molar-refractivity contribution in [1.29, 1.82) is 0 Å². The molecule has 0 radical (unpaired) electrons. The molecule has 1 saturated carbocycles. The second kappa shape index (κ2) is 7.18. The number of carbonyl (C=O) groups is 1. The van der Waals surface area contributed by atoms with E-state index in [0.717, 1.165) is 35.5 Å². The Hall–Kier alpha value is -2.14. The van der Waals surface area contributed by atoms with Gasteiger partial charge in [-0.15, -0.1) is 0 Å². The second-order valence-corrected chi connectivity index (χ2v) is 6.60. The molecule has 1 aromatic carbocycles. The van der Waals surface area contributed by atoms with Crippen molar-refractivity contribution < 1.29 is 9.90 Å². The van der Waals surface area contributed by atoms with Crippen LogP contribution in [0.25, 0.3) is 5.69 Å². The zero-order valence-electron chi connectivity index (χ0n) is 14.3. The number of rotatable bonds is 7. The molecule has 5 nitrogen and oxygen atoms in total. The molecule has 1 atom stereocenters. The average Bonchev–Trinajstić information content (AvgIpc) is 3.38. The van der Waals surface area contributed by atoms with Gasteiger partial charge in [-0.25, -0.2) is 4.68 Å². The van der Waals surface area contributed by atoms with Gasteiger partial charge in [-0.2, -0.15) is 5.10 Å². The van der Waals surface area contributed by atoms with Crippen LogP contribution in [-0.2, 0) is 11.2 Å². The van der Waals surface area contributed by atoms with Crippen LogP contribution in [0.5, 0.6) is 0 Å². The first-order valence-corrected chi connectivity index (χ1v) is 8.61. The molecule has 1 aromatic heterocycles. The van der Waals surface area contributed by atoms with E-state index in [4.69, 9.17) is 5.11 Å². The molecule has 24 heavy (non-hydrogen) atoms. The molecular formula is C19H25N3O2. The SMILES string of the molecule is Cc1nn(-c2ccccc2)c(C)c1CC(=O)NC(CCO)C1CC1. The molecule has 1 fully saturated rings. The first kappa shape index (κ1) is 16.7. The number of nitrogens with one attached hydrogen (secondary N) is 1. The van der Waals surface area contributed by atoms with E-state index in [-0.39, 0.29) is 18.6 Å². The Morgan fingerprint density at radius 1 is 1.33 bits per heavy atom. The highest BCUT2D eigenvalue weighted by atomic mass is 16.3. The van der Waals surface area contributed by atoms with Gasteiger partial charge in [0.25, 0.3) is 0 Å². The third-order valence-electron chi connectivity index (χ3n) is 4.76. The number of carbonyl (C=O) groups excluding carboxylic acids is 1. The van der Waals surface area contributed by atoms with E-state index >= 15 is 0 Å². The predicted octanol–water partition coefficient (Wildman–Crippen LogP) is 2.31. The monoisotopic (exact) mass is 327 g/mol. The fraction of sp³-hybridized carbons (Fsp3) is 0.474. The van der Waals surface area contributed by atoms with E-state index in [2.05, 4.69) is 10.4 Å². The lowest BCUT2D eigenvalue weighted by Crippen LogP contribution is -2.38. The maximum Gasteiger partial charge on any atom is 0.224 e. The Bertz CT molecular complexity index is 705. The molecule has 1 amide bonds. The van der Waals surface area contributed by atoms with Crippen molar-refractivity contribution in [3.63, 3.8) is 0 Å². The number of aryl methyl sites for hydroxylation is 1. The van der Waals surface area contributed by atoms with Crippen molar-refractivity contribution >= 4 is 5.91 Å². The van der Waals surface area contributed by atoms with Crippen LogP contribution in [0.3, 0.4) is 0 Å². The summed E-state index contributed by atoms with van der Waals surface area (Å²) in [5.74, 6) is 0.550. The maximum absolute atomic E-state index is 12.5. The van der Waals surface area contributed by atoms with Gasteiger partial charge in [0.05, 0.1) is 17.8 Å². The highest BCUT2D eigenvalue weighted by molar-refractivity contribution is 5.79. The molecule has 1 aliphatic rings. The van der Waals surface area contributed by atoms with Crippen molar-refractivity contribution in [2.75, 3.05) is 6.61 Å². The van der Waals surface area contributed by atoms with Crippen LogP contribution in [0.15, 0.2) is 30.3 Å². The van der Waals surface area contributed by atoms with Gasteiger partial charge in [-0.1, -0.05) is 18.2 Å². The summed E-state index contributed by atoms with van der Waals surface area (Å²) in [7, 11) is 0. The van der Waals surface area contributed by atoms with E-state index < -0.39 is 0 Å². The van der Waals surface area contributed by atoms with Gasteiger partial charge in [-0.3, -0.25) is 4.79 Å². The molecule has 0 aliphatic heterocycles. The summed E-state index contributed by atoms with van der Waals surface area (Å²) < 4.78 is 1.89. The summed E-state index contributed by atoms with van der Waals surface area (Å²) in [6.45, 7) is 4.06. The van der Waals surface area contributed by atoms with Crippen LogP contribution in [0.2, 0.25) is 0 Å². The number of hydrogen-bond donors (Lipinski definition) is 2. The zero-order chi connectivity index (χ0) is 17.1. The molecule has 128 valence electrons. The second-order valence-electron chi connectivity index (χ2n) is 6.60. The number of aliphatic hydroxyl groups is 1. The number of benzene rings is 1. The van der Waals surface area contributed by atoms with Crippen LogP contribution < -0.4 is 5.32 Å². The largest absolute Gasteiger partial charge is 0.396 e. The van der Waals surface area contributed by atoms with Crippen molar-refractivity contribution in [1.82, 2.24) is 15.1 Å². The molecule has 3 rings (SSSR count). The Labute approximate surface area is 142 Å². The van der Waals surface area contributed by atoms with E-state index in [9.17, 15) is 4.79 Å². The third-order valence-corrected chi connectivity index (χ3v) is 4.76. The van der Waals surface area contributed by atoms with Crippen LogP contribution in [0.1, 0.15) is 36.2 Å². The molecule has 0 saturated heterocycles.